The van der Waals surface area contributed by atoms with Crippen molar-refractivity contribution in [3.05, 3.63) is 59.4 Å². The summed E-state index contributed by atoms with van der Waals surface area (Å²) in [5.41, 5.74) is 3.09. The molecule has 6 heteroatoms. The molecule has 3 aromatic rings. The number of rotatable bonds is 3. The predicted octanol–water partition coefficient (Wildman–Crippen LogP) is 2.67. The van der Waals surface area contributed by atoms with Crippen LogP contribution in [0.25, 0.3) is 11.0 Å². The van der Waals surface area contributed by atoms with Crippen LogP contribution in [0.4, 0.5) is 0 Å². The smallest absolute Gasteiger partial charge is 0.336 e. The molecule has 0 spiro atoms. The lowest BCUT2D eigenvalue weighted by molar-refractivity contribution is 0.0694. The fraction of sp³-hybridized carbons (Fsp3) is 0.263. The van der Waals surface area contributed by atoms with E-state index in [1.165, 1.54) is 0 Å². The van der Waals surface area contributed by atoms with E-state index in [0.717, 1.165) is 29.0 Å². The number of benzene rings is 2. The molecule has 25 heavy (non-hydrogen) atoms. The number of imidazole rings is 1. The van der Waals surface area contributed by atoms with Crippen LogP contribution >= 0.6 is 0 Å². The number of fused-ring (bicyclic) bond motifs is 2. The molecule has 1 aliphatic heterocycles. The Kier molecular flexibility index (Phi) is 3.89. The number of carboxylic acids is 1. The number of ether oxygens (including phenoxy) is 1. The van der Waals surface area contributed by atoms with Gasteiger partial charge in [0.05, 0.1) is 23.1 Å². The number of carbonyl (C=O) groups is 1. The number of aromatic carboxylic acids is 1. The van der Waals surface area contributed by atoms with Gasteiger partial charge in [-0.2, -0.15) is 0 Å². The lowest BCUT2D eigenvalue weighted by Gasteiger charge is -2.19. The van der Waals surface area contributed by atoms with Crippen molar-refractivity contribution in [2.24, 2.45) is 7.05 Å². The number of nitrogens with zero attached hydrogens (tertiary/aromatic N) is 3. The first-order valence-electron chi connectivity index (χ1n) is 8.24. The summed E-state index contributed by atoms with van der Waals surface area (Å²) in [6, 6.07) is 13.2. The zero-order valence-electron chi connectivity index (χ0n) is 14.0. The predicted molar refractivity (Wildman–Crippen MR) is 93.7 cm³/mol. The summed E-state index contributed by atoms with van der Waals surface area (Å²) in [6.07, 6.45) is 0. The third-order valence-corrected chi connectivity index (χ3v) is 4.66. The summed E-state index contributed by atoms with van der Waals surface area (Å²) in [5, 5.41) is 9.46. The maximum atomic E-state index is 11.5. The Hall–Kier alpha value is -2.86. The van der Waals surface area contributed by atoms with Crippen molar-refractivity contribution in [3.8, 4) is 5.75 Å². The molecular weight excluding hydrogens is 318 g/mol. The standard InChI is InChI=1S/C19H19N3O3/c1-21-16-7-3-2-6-15(16)20-18(21)12-22-9-10-25-17-8-4-5-13(19(23)24)14(17)11-22/h2-8H,9-12H2,1H3,(H,23,24). The summed E-state index contributed by atoms with van der Waals surface area (Å²) in [6.45, 7) is 2.42. The molecule has 4 rings (SSSR count). The van der Waals surface area contributed by atoms with Gasteiger partial charge in [0.2, 0.25) is 0 Å². The molecular formula is C19H19N3O3. The van der Waals surface area contributed by atoms with E-state index in [1.54, 1.807) is 12.1 Å². The van der Waals surface area contributed by atoms with Crippen LogP contribution in [-0.2, 0) is 20.1 Å². The van der Waals surface area contributed by atoms with Crippen molar-refractivity contribution in [2.45, 2.75) is 13.1 Å². The highest BCUT2D eigenvalue weighted by molar-refractivity contribution is 5.90. The van der Waals surface area contributed by atoms with Gasteiger partial charge in [0, 0.05) is 25.7 Å². The number of aryl methyl sites for hydroxylation is 1. The average molecular weight is 337 g/mol. The molecule has 6 nitrogen and oxygen atoms in total. The highest BCUT2D eigenvalue weighted by atomic mass is 16.5. The Bertz CT molecular complexity index is 948. The van der Waals surface area contributed by atoms with E-state index < -0.39 is 5.97 Å². The van der Waals surface area contributed by atoms with E-state index in [2.05, 4.69) is 15.5 Å². The van der Waals surface area contributed by atoms with Crippen LogP contribution in [0.2, 0.25) is 0 Å². The van der Waals surface area contributed by atoms with Crippen LogP contribution in [0.3, 0.4) is 0 Å². The SMILES string of the molecule is Cn1c(CN2CCOc3cccc(C(=O)O)c3C2)nc2ccccc21. The molecule has 1 aromatic heterocycles. The van der Waals surface area contributed by atoms with Gasteiger partial charge >= 0.3 is 5.97 Å². The Morgan fingerprint density at radius 3 is 2.88 bits per heavy atom. The lowest BCUT2D eigenvalue weighted by atomic mass is 10.1. The fourth-order valence-electron chi connectivity index (χ4n) is 3.32. The van der Waals surface area contributed by atoms with Crippen LogP contribution in [0, 0.1) is 0 Å². The van der Waals surface area contributed by atoms with Gasteiger partial charge in [0.15, 0.2) is 0 Å². The highest BCUT2D eigenvalue weighted by Gasteiger charge is 2.22. The highest BCUT2D eigenvalue weighted by Crippen LogP contribution is 2.27. The minimum Gasteiger partial charge on any atom is -0.492 e. The van der Waals surface area contributed by atoms with Crippen molar-refractivity contribution in [1.82, 2.24) is 14.5 Å². The normalized spacial score (nSPS) is 14.8. The third kappa shape index (κ3) is 2.85. The topological polar surface area (TPSA) is 67.6 Å². The molecule has 0 unspecified atom stereocenters. The number of hydrogen-bond acceptors (Lipinski definition) is 4. The number of carboxylic acid groups (broad SMARTS) is 1. The molecule has 0 atom stereocenters. The first kappa shape index (κ1) is 15.7. The van der Waals surface area contributed by atoms with Gasteiger partial charge in [-0.3, -0.25) is 4.90 Å². The first-order chi connectivity index (χ1) is 12.1. The Morgan fingerprint density at radius 2 is 2.08 bits per heavy atom. The van der Waals surface area contributed by atoms with Gasteiger partial charge in [0.25, 0.3) is 0 Å². The summed E-state index contributed by atoms with van der Waals surface area (Å²) in [7, 11) is 2.01. The maximum absolute atomic E-state index is 11.5. The second-order valence-electron chi connectivity index (χ2n) is 6.22. The summed E-state index contributed by atoms with van der Waals surface area (Å²) >= 11 is 0. The van der Waals surface area contributed by atoms with E-state index in [4.69, 9.17) is 9.72 Å². The zero-order chi connectivity index (χ0) is 17.4. The quantitative estimate of drug-likeness (QED) is 0.796. The molecule has 128 valence electrons. The molecule has 2 heterocycles. The number of hydrogen-bond donors (Lipinski definition) is 1. The van der Waals surface area contributed by atoms with Crippen molar-refractivity contribution in [2.75, 3.05) is 13.2 Å². The van der Waals surface area contributed by atoms with Crippen LogP contribution in [-0.4, -0.2) is 38.7 Å². The molecule has 0 amide bonds. The maximum Gasteiger partial charge on any atom is 0.336 e. The molecule has 0 saturated carbocycles. The van der Waals surface area contributed by atoms with Gasteiger partial charge in [0.1, 0.15) is 18.2 Å². The third-order valence-electron chi connectivity index (χ3n) is 4.66. The van der Waals surface area contributed by atoms with Gasteiger partial charge in [-0.1, -0.05) is 18.2 Å². The molecule has 0 saturated heterocycles. The Balaban J connectivity index is 1.65. The second-order valence-corrected chi connectivity index (χ2v) is 6.22. The van der Waals surface area contributed by atoms with E-state index in [9.17, 15) is 9.90 Å². The number of para-hydroxylation sites is 2. The molecule has 0 bridgehead atoms. The van der Waals surface area contributed by atoms with Crippen LogP contribution in [0.5, 0.6) is 5.75 Å². The molecule has 1 N–H and O–H groups in total. The Morgan fingerprint density at radius 1 is 1.24 bits per heavy atom. The monoisotopic (exact) mass is 337 g/mol. The lowest BCUT2D eigenvalue weighted by Crippen LogP contribution is -2.27. The van der Waals surface area contributed by atoms with E-state index in [1.807, 2.05) is 31.3 Å². The van der Waals surface area contributed by atoms with E-state index in [-0.39, 0.29) is 0 Å². The molecule has 2 aromatic carbocycles. The molecule has 1 aliphatic rings. The van der Waals surface area contributed by atoms with E-state index >= 15 is 0 Å². The van der Waals surface area contributed by atoms with Crippen LogP contribution in [0.1, 0.15) is 21.7 Å². The van der Waals surface area contributed by atoms with Gasteiger partial charge in [-0.05, 0) is 24.3 Å². The Labute approximate surface area is 145 Å². The summed E-state index contributed by atoms with van der Waals surface area (Å²) < 4.78 is 7.85. The minimum atomic E-state index is -0.926. The molecule has 0 fully saturated rings. The van der Waals surface area contributed by atoms with Crippen molar-refractivity contribution >= 4 is 17.0 Å². The summed E-state index contributed by atoms with van der Waals surface area (Å²) in [5.74, 6) is 0.690. The second kappa shape index (κ2) is 6.22. The van der Waals surface area contributed by atoms with Gasteiger partial charge in [-0.15, -0.1) is 0 Å². The number of aromatic nitrogens is 2. The van der Waals surface area contributed by atoms with Crippen molar-refractivity contribution < 1.29 is 14.6 Å². The zero-order valence-corrected chi connectivity index (χ0v) is 14.0. The fourth-order valence-corrected chi connectivity index (χ4v) is 3.32. The molecule has 0 radical (unpaired) electrons. The van der Waals surface area contributed by atoms with Crippen LogP contribution < -0.4 is 4.74 Å². The van der Waals surface area contributed by atoms with Crippen molar-refractivity contribution in [3.63, 3.8) is 0 Å². The first-order valence-corrected chi connectivity index (χ1v) is 8.24. The van der Waals surface area contributed by atoms with Gasteiger partial charge in [-0.25, -0.2) is 9.78 Å². The average Bonchev–Trinajstić information content (AvgIpc) is 2.78. The van der Waals surface area contributed by atoms with Crippen molar-refractivity contribution in [1.29, 1.82) is 0 Å². The molecule has 0 aliphatic carbocycles. The summed E-state index contributed by atoms with van der Waals surface area (Å²) in [4.78, 5) is 18.4. The van der Waals surface area contributed by atoms with E-state index in [0.29, 0.717) is 31.0 Å². The van der Waals surface area contributed by atoms with Crippen LogP contribution in [0.15, 0.2) is 42.5 Å². The van der Waals surface area contributed by atoms with Gasteiger partial charge < -0.3 is 14.4 Å². The largest absolute Gasteiger partial charge is 0.492 e. The minimum absolute atomic E-state index is 0.300.